The molecule has 7 heteroatoms. The molecule has 158 valence electrons. The number of hydrogen-bond acceptors (Lipinski definition) is 5. The lowest BCUT2D eigenvalue weighted by Gasteiger charge is -2.39. The fourth-order valence-corrected chi connectivity index (χ4v) is 4.89. The molecular weight excluding hydrogens is 468 g/mol. The van der Waals surface area contributed by atoms with Gasteiger partial charge in [0.1, 0.15) is 30.0 Å². The molecule has 0 saturated carbocycles. The predicted molar refractivity (Wildman–Crippen MR) is 126 cm³/mol. The number of anilines is 1. The molecule has 1 aromatic heterocycles. The van der Waals surface area contributed by atoms with E-state index in [0.717, 1.165) is 43.9 Å². The maximum atomic E-state index is 6.63. The summed E-state index contributed by atoms with van der Waals surface area (Å²) in [5.74, 6) is 2.35. The summed E-state index contributed by atoms with van der Waals surface area (Å²) in [6.07, 6.45) is 1.28. The van der Waals surface area contributed by atoms with Crippen LogP contribution in [0.5, 0.6) is 11.5 Å². The van der Waals surface area contributed by atoms with E-state index in [-0.39, 0.29) is 12.1 Å². The lowest BCUT2D eigenvalue weighted by Crippen LogP contribution is -2.32. The molecule has 0 fully saturated rings. The molecule has 32 heavy (non-hydrogen) atoms. The van der Waals surface area contributed by atoms with E-state index >= 15 is 0 Å². The summed E-state index contributed by atoms with van der Waals surface area (Å²) in [4.78, 5) is 4.48. The van der Waals surface area contributed by atoms with Crippen LogP contribution in [0.15, 0.2) is 89.2 Å². The molecular formula is C25H19BrN4O2. The van der Waals surface area contributed by atoms with Crippen LogP contribution < -0.4 is 14.8 Å². The highest BCUT2D eigenvalue weighted by atomic mass is 79.9. The predicted octanol–water partition coefficient (Wildman–Crippen LogP) is 5.61. The highest BCUT2D eigenvalue weighted by molar-refractivity contribution is 9.10. The van der Waals surface area contributed by atoms with Gasteiger partial charge in [0, 0.05) is 15.6 Å². The Morgan fingerprint density at radius 2 is 1.84 bits per heavy atom. The highest BCUT2D eigenvalue weighted by Crippen LogP contribution is 2.50. The molecule has 0 aliphatic carbocycles. The average molecular weight is 487 g/mol. The van der Waals surface area contributed by atoms with E-state index in [2.05, 4.69) is 61.7 Å². The SMILES string of the molecule is COc1ccc([C@H]2C3=C(Nc4ncnn42)c2ccccc2O[C@@H]3c2cccc(Br)c2)cc1. The van der Waals surface area contributed by atoms with Gasteiger partial charge in [-0.3, -0.25) is 0 Å². The zero-order valence-electron chi connectivity index (χ0n) is 17.2. The number of para-hydroxylation sites is 1. The molecule has 1 N–H and O–H groups in total. The summed E-state index contributed by atoms with van der Waals surface area (Å²) < 4.78 is 14.9. The minimum absolute atomic E-state index is 0.188. The van der Waals surface area contributed by atoms with Crippen molar-refractivity contribution in [1.82, 2.24) is 14.8 Å². The van der Waals surface area contributed by atoms with Crippen LogP contribution in [0.4, 0.5) is 5.95 Å². The van der Waals surface area contributed by atoms with Gasteiger partial charge in [-0.15, -0.1) is 0 Å². The molecule has 3 aromatic carbocycles. The largest absolute Gasteiger partial charge is 0.497 e. The number of halogens is 1. The minimum atomic E-state index is -0.297. The summed E-state index contributed by atoms with van der Waals surface area (Å²) in [6.45, 7) is 0. The van der Waals surface area contributed by atoms with Crippen molar-refractivity contribution in [2.45, 2.75) is 12.1 Å². The first-order valence-electron chi connectivity index (χ1n) is 10.3. The maximum absolute atomic E-state index is 6.63. The number of aromatic nitrogens is 3. The van der Waals surface area contributed by atoms with Crippen molar-refractivity contribution in [2.24, 2.45) is 0 Å². The quantitative estimate of drug-likeness (QED) is 0.407. The van der Waals surface area contributed by atoms with Crippen LogP contribution in [0.2, 0.25) is 0 Å². The molecule has 2 atom stereocenters. The maximum Gasteiger partial charge on any atom is 0.226 e. The lowest BCUT2D eigenvalue weighted by atomic mass is 9.84. The van der Waals surface area contributed by atoms with Gasteiger partial charge in [-0.25, -0.2) is 4.68 Å². The van der Waals surface area contributed by atoms with Crippen molar-refractivity contribution in [3.05, 3.63) is 106 Å². The second-order valence-corrected chi connectivity index (χ2v) is 8.62. The van der Waals surface area contributed by atoms with Gasteiger partial charge in [-0.1, -0.05) is 52.3 Å². The molecule has 4 aromatic rings. The van der Waals surface area contributed by atoms with Crippen molar-refractivity contribution in [3.8, 4) is 11.5 Å². The minimum Gasteiger partial charge on any atom is -0.497 e. The number of hydrogen-bond donors (Lipinski definition) is 1. The van der Waals surface area contributed by atoms with Gasteiger partial charge >= 0.3 is 0 Å². The third-order valence-corrected chi connectivity index (χ3v) is 6.40. The first-order valence-corrected chi connectivity index (χ1v) is 11.1. The van der Waals surface area contributed by atoms with Crippen LogP contribution in [-0.2, 0) is 0 Å². The number of benzene rings is 3. The molecule has 2 aliphatic rings. The van der Waals surface area contributed by atoms with Crippen LogP contribution in [0.1, 0.15) is 28.8 Å². The summed E-state index contributed by atoms with van der Waals surface area (Å²) in [5.41, 5.74) is 5.25. The second kappa shape index (κ2) is 7.53. The van der Waals surface area contributed by atoms with Gasteiger partial charge in [-0.2, -0.15) is 10.1 Å². The zero-order valence-corrected chi connectivity index (χ0v) is 18.8. The van der Waals surface area contributed by atoms with Crippen LogP contribution >= 0.6 is 15.9 Å². The first-order chi connectivity index (χ1) is 15.7. The van der Waals surface area contributed by atoms with E-state index in [0.29, 0.717) is 5.95 Å². The summed E-state index contributed by atoms with van der Waals surface area (Å²) in [5, 5.41) is 8.09. The molecule has 6 nitrogen and oxygen atoms in total. The molecule has 0 unspecified atom stereocenters. The number of ether oxygens (including phenoxy) is 2. The van der Waals surface area contributed by atoms with Crippen molar-refractivity contribution in [1.29, 1.82) is 0 Å². The summed E-state index contributed by atoms with van der Waals surface area (Å²) in [7, 11) is 1.67. The number of fused-ring (bicyclic) bond motifs is 3. The van der Waals surface area contributed by atoms with Gasteiger partial charge in [0.2, 0.25) is 5.95 Å². The Balaban J connectivity index is 1.61. The standard InChI is InChI=1S/C25H19BrN4O2/c1-31-18-11-9-15(10-12-18)23-21-22(29-25-27-14-28-30(23)25)19-7-2-3-8-20(19)32-24(21)16-5-4-6-17(26)13-16/h2-14,23-24H,1H3,(H,27,28,29)/t23-,24+/m0/s1. The van der Waals surface area contributed by atoms with E-state index in [1.54, 1.807) is 13.4 Å². The van der Waals surface area contributed by atoms with Crippen LogP contribution in [-0.4, -0.2) is 21.9 Å². The Bertz CT molecular complexity index is 1350. The van der Waals surface area contributed by atoms with Gasteiger partial charge < -0.3 is 14.8 Å². The topological polar surface area (TPSA) is 61.2 Å². The molecule has 0 amide bonds. The Labute approximate surface area is 193 Å². The molecule has 6 rings (SSSR count). The Hall–Kier alpha value is -3.58. The zero-order chi connectivity index (χ0) is 21.7. The van der Waals surface area contributed by atoms with E-state index in [9.17, 15) is 0 Å². The van der Waals surface area contributed by atoms with Crippen LogP contribution in [0.25, 0.3) is 5.70 Å². The molecule has 0 radical (unpaired) electrons. The van der Waals surface area contributed by atoms with E-state index in [1.807, 2.05) is 47.1 Å². The lowest BCUT2D eigenvalue weighted by molar-refractivity contribution is 0.223. The van der Waals surface area contributed by atoms with Crippen molar-refractivity contribution < 1.29 is 9.47 Å². The molecule has 0 spiro atoms. The Kier molecular flexibility index (Phi) is 4.50. The fraction of sp³-hybridized carbons (Fsp3) is 0.120. The van der Waals surface area contributed by atoms with E-state index < -0.39 is 0 Å². The van der Waals surface area contributed by atoms with E-state index in [4.69, 9.17) is 9.47 Å². The third kappa shape index (κ3) is 3.00. The number of rotatable bonds is 3. The fourth-order valence-electron chi connectivity index (χ4n) is 4.47. The Morgan fingerprint density at radius 3 is 2.66 bits per heavy atom. The van der Waals surface area contributed by atoms with Crippen molar-refractivity contribution >= 4 is 27.6 Å². The monoisotopic (exact) mass is 486 g/mol. The Morgan fingerprint density at radius 1 is 1.00 bits per heavy atom. The number of nitrogens with zero attached hydrogens (tertiary/aromatic N) is 3. The second-order valence-electron chi connectivity index (χ2n) is 7.71. The molecule has 3 heterocycles. The van der Waals surface area contributed by atoms with Crippen LogP contribution in [0.3, 0.4) is 0 Å². The van der Waals surface area contributed by atoms with Gasteiger partial charge in [-0.05, 0) is 47.5 Å². The number of nitrogens with one attached hydrogen (secondary N) is 1. The van der Waals surface area contributed by atoms with Crippen molar-refractivity contribution in [2.75, 3.05) is 12.4 Å². The van der Waals surface area contributed by atoms with Gasteiger partial charge in [0.05, 0.1) is 12.8 Å². The van der Waals surface area contributed by atoms with Crippen LogP contribution in [0, 0.1) is 0 Å². The molecule has 0 saturated heterocycles. The van der Waals surface area contributed by atoms with E-state index in [1.165, 1.54) is 0 Å². The average Bonchev–Trinajstić information content (AvgIpc) is 3.30. The molecule has 0 bridgehead atoms. The highest BCUT2D eigenvalue weighted by Gasteiger charge is 2.40. The summed E-state index contributed by atoms with van der Waals surface area (Å²) in [6, 6.07) is 24.2. The molecule has 2 aliphatic heterocycles. The van der Waals surface area contributed by atoms with Crippen molar-refractivity contribution in [3.63, 3.8) is 0 Å². The van der Waals surface area contributed by atoms with Gasteiger partial charge in [0.25, 0.3) is 0 Å². The summed E-state index contributed by atoms with van der Waals surface area (Å²) >= 11 is 3.62. The first kappa shape index (κ1) is 19.1. The normalized spacial score (nSPS) is 18.7. The number of methoxy groups -OCH3 is 1. The third-order valence-electron chi connectivity index (χ3n) is 5.90. The van der Waals surface area contributed by atoms with Gasteiger partial charge in [0.15, 0.2) is 0 Å². The smallest absolute Gasteiger partial charge is 0.226 e.